The molecule has 1 aromatic heterocycles. The Labute approximate surface area is 202 Å². The van der Waals surface area contributed by atoms with E-state index in [-0.39, 0.29) is 11.3 Å². The predicted molar refractivity (Wildman–Crippen MR) is 134 cm³/mol. The molecule has 3 aromatic carbocycles. The summed E-state index contributed by atoms with van der Waals surface area (Å²) in [6.07, 6.45) is 2.50. The average molecular weight is 471 g/mol. The molecule has 1 fully saturated rings. The van der Waals surface area contributed by atoms with E-state index in [1.165, 1.54) is 0 Å². The summed E-state index contributed by atoms with van der Waals surface area (Å²) in [5.41, 5.74) is 4.43. The number of amides is 1. The summed E-state index contributed by atoms with van der Waals surface area (Å²) in [4.78, 5) is 31.2. The number of aliphatic hydroxyl groups excluding tert-OH is 1. The van der Waals surface area contributed by atoms with Crippen LogP contribution in [-0.4, -0.2) is 33.2 Å². The standard InChI is InChI=1S/C28H23ClN2O3/c1-17-6-8-19(9-7-17)26(32)24-25(18-10-12-21(29)13-11-18)31(28(34)27(24)33)15-14-20-16-30-23-5-3-2-4-22(20)23/h2-13,16,25,30,32H,14-15H2,1H3/t25-/m0/s1. The van der Waals surface area contributed by atoms with E-state index >= 15 is 0 Å². The van der Waals surface area contributed by atoms with Crippen LogP contribution < -0.4 is 0 Å². The molecule has 0 radical (unpaired) electrons. The minimum Gasteiger partial charge on any atom is -0.507 e. The second-order valence-corrected chi connectivity index (χ2v) is 8.96. The Morgan fingerprint density at radius 1 is 1.00 bits per heavy atom. The molecule has 2 N–H and O–H groups in total. The number of aliphatic hydroxyl groups is 1. The van der Waals surface area contributed by atoms with Crippen molar-refractivity contribution in [1.82, 2.24) is 9.88 Å². The fourth-order valence-corrected chi connectivity index (χ4v) is 4.67. The van der Waals surface area contributed by atoms with Crippen molar-refractivity contribution in [2.24, 2.45) is 0 Å². The number of fused-ring (bicyclic) bond motifs is 1. The third-order valence-electron chi connectivity index (χ3n) is 6.35. The van der Waals surface area contributed by atoms with E-state index < -0.39 is 17.7 Å². The van der Waals surface area contributed by atoms with Gasteiger partial charge in [-0.2, -0.15) is 0 Å². The van der Waals surface area contributed by atoms with Crippen LogP contribution in [0, 0.1) is 6.92 Å². The quantitative estimate of drug-likeness (QED) is 0.220. The van der Waals surface area contributed by atoms with Crippen LogP contribution >= 0.6 is 11.6 Å². The van der Waals surface area contributed by atoms with E-state index in [4.69, 9.17) is 11.6 Å². The molecule has 1 amide bonds. The Bertz CT molecular complexity index is 1420. The summed E-state index contributed by atoms with van der Waals surface area (Å²) in [5, 5.41) is 12.8. The number of aromatic nitrogens is 1. The molecule has 0 saturated carbocycles. The molecular formula is C28H23ClN2O3. The zero-order chi connectivity index (χ0) is 23.8. The van der Waals surface area contributed by atoms with E-state index in [9.17, 15) is 14.7 Å². The number of para-hydroxylation sites is 1. The number of nitrogens with zero attached hydrogens (tertiary/aromatic N) is 1. The molecule has 2 heterocycles. The molecule has 1 atom stereocenters. The van der Waals surface area contributed by atoms with Crippen molar-refractivity contribution in [1.29, 1.82) is 0 Å². The van der Waals surface area contributed by atoms with Gasteiger partial charge in [-0.1, -0.05) is 71.8 Å². The predicted octanol–water partition coefficient (Wildman–Crippen LogP) is 5.79. The number of carbonyl (C=O) groups excluding carboxylic acids is 2. The van der Waals surface area contributed by atoms with Gasteiger partial charge in [-0.15, -0.1) is 0 Å². The molecule has 5 rings (SSSR count). The normalized spacial score (nSPS) is 17.6. The highest BCUT2D eigenvalue weighted by Gasteiger charge is 2.45. The van der Waals surface area contributed by atoms with Gasteiger partial charge in [0.25, 0.3) is 11.7 Å². The molecule has 6 heteroatoms. The van der Waals surface area contributed by atoms with Crippen LogP contribution in [-0.2, 0) is 16.0 Å². The fraction of sp³-hybridized carbons (Fsp3) is 0.143. The highest BCUT2D eigenvalue weighted by Crippen LogP contribution is 2.40. The topological polar surface area (TPSA) is 73.4 Å². The number of Topliss-reactive ketones (excluding diaryl/α,β-unsaturated/α-hetero) is 1. The number of rotatable bonds is 5. The lowest BCUT2D eigenvalue weighted by atomic mass is 9.95. The third kappa shape index (κ3) is 3.88. The second kappa shape index (κ2) is 8.84. The van der Waals surface area contributed by atoms with Gasteiger partial charge in [0.1, 0.15) is 5.76 Å². The summed E-state index contributed by atoms with van der Waals surface area (Å²) < 4.78 is 0. The van der Waals surface area contributed by atoms with Crippen molar-refractivity contribution < 1.29 is 14.7 Å². The zero-order valence-corrected chi connectivity index (χ0v) is 19.3. The molecule has 1 saturated heterocycles. The van der Waals surface area contributed by atoms with Crippen LogP contribution in [0.3, 0.4) is 0 Å². The van der Waals surface area contributed by atoms with E-state index in [2.05, 4.69) is 4.98 Å². The Balaban J connectivity index is 1.56. The lowest BCUT2D eigenvalue weighted by molar-refractivity contribution is -0.139. The van der Waals surface area contributed by atoms with Crippen molar-refractivity contribution in [2.75, 3.05) is 6.54 Å². The molecule has 1 aliphatic rings. The lowest BCUT2D eigenvalue weighted by Gasteiger charge is -2.25. The first-order valence-corrected chi connectivity index (χ1v) is 11.5. The van der Waals surface area contributed by atoms with E-state index in [0.29, 0.717) is 23.6 Å². The number of H-pyrrole nitrogens is 1. The Morgan fingerprint density at radius 2 is 1.71 bits per heavy atom. The van der Waals surface area contributed by atoms with Crippen molar-refractivity contribution in [3.63, 3.8) is 0 Å². The molecular weight excluding hydrogens is 448 g/mol. The first-order valence-electron chi connectivity index (χ1n) is 11.1. The summed E-state index contributed by atoms with van der Waals surface area (Å²) in [6.45, 7) is 2.27. The number of carbonyl (C=O) groups is 2. The maximum atomic E-state index is 13.2. The summed E-state index contributed by atoms with van der Waals surface area (Å²) in [5.74, 6) is -1.47. The number of nitrogens with one attached hydrogen (secondary N) is 1. The van der Waals surface area contributed by atoms with Gasteiger partial charge in [0.05, 0.1) is 11.6 Å². The first-order chi connectivity index (χ1) is 16.4. The number of aryl methyl sites for hydroxylation is 1. The van der Waals surface area contributed by atoms with Gasteiger partial charge in [-0.25, -0.2) is 0 Å². The highest BCUT2D eigenvalue weighted by molar-refractivity contribution is 6.46. The minimum atomic E-state index is -0.705. The van der Waals surface area contributed by atoms with Crippen molar-refractivity contribution >= 4 is 40.0 Å². The first kappa shape index (κ1) is 22.0. The van der Waals surface area contributed by atoms with Crippen LogP contribution in [0.25, 0.3) is 16.7 Å². The molecule has 0 unspecified atom stereocenters. The minimum absolute atomic E-state index is 0.0927. The van der Waals surface area contributed by atoms with Gasteiger partial charge < -0.3 is 15.0 Å². The smallest absolute Gasteiger partial charge is 0.295 e. The van der Waals surface area contributed by atoms with E-state index in [1.807, 2.05) is 49.5 Å². The van der Waals surface area contributed by atoms with Crippen molar-refractivity contribution in [3.05, 3.63) is 112 Å². The van der Waals surface area contributed by atoms with Gasteiger partial charge in [0, 0.05) is 34.2 Å². The Kier molecular flexibility index (Phi) is 5.72. The number of ketones is 1. The number of hydrogen-bond acceptors (Lipinski definition) is 3. The van der Waals surface area contributed by atoms with Gasteiger partial charge in [0.2, 0.25) is 0 Å². The van der Waals surface area contributed by atoms with Crippen LogP contribution in [0.2, 0.25) is 5.02 Å². The Morgan fingerprint density at radius 3 is 2.44 bits per heavy atom. The van der Waals surface area contributed by atoms with E-state index in [0.717, 1.165) is 27.6 Å². The summed E-state index contributed by atoms with van der Waals surface area (Å²) in [6, 6.07) is 21.5. The number of benzene rings is 3. The van der Waals surface area contributed by atoms with Crippen LogP contribution in [0.15, 0.2) is 84.6 Å². The third-order valence-corrected chi connectivity index (χ3v) is 6.60. The molecule has 0 bridgehead atoms. The summed E-state index contributed by atoms with van der Waals surface area (Å²) in [7, 11) is 0. The molecule has 1 aliphatic heterocycles. The molecule has 0 spiro atoms. The van der Waals surface area contributed by atoms with Crippen LogP contribution in [0.5, 0.6) is 0 Å². The van der Waals surface area contributed by atoms with Gasteiger partial charge in [-0.3, -0.25) is 9.59 Å². The maximum absolute atomic E-state index is 13.2. The highest BCUT2D eigenvalue weighted by atomic mass is 35.5. The summed E-state index contributed by atoms with van der Waals surface area (Å²) >= 11 is 6.09. The number of halogens is 1. The molecule has 4 aromatic rings. The van der Waals surface area contributed by atoms with Crippen molar-refractivity contribution in [3.8, 4) is 0 Å². The monoisotopic (exact) mass is 470 g/mol. The lowest BCUT2D eigenvalue weighted by Crippen LogP contribution is -2.31. The molecule has 34 heavy (non-hydrogen) atoms. The molecule has 5 nitrogen and oxygen atoms in total. The van der Waals surface area contributed by atoms with E-state index in [1.54, 1.807) is 41.3 Å². The average Bonchev–Trinajstić information content (AvgIpc) is 3.37. The van der Waals surface area contributed by atoms with Gasteiger partial charge in [-0.05, 0) is 42.7 Å². The Hall–Kier alpha value is -3.83. The second-order valence-electron chi connectivity index (χ2n) is 8.52. The molecule has 0 aliphatic carbocycles. The van der Waals surface area contributed by atoms with Crippen LogP contribution in [0.4, 0.5) is 0 Å². The van der Waals surface area contributed by atoms with Gasteiger partial charge in [0.15, 0.2) is 0 Å². The van der Waals surface area contributed by atoms with Gasteiger partial charge >= 0.3 is 0 Å². The number of likely N-dealkylation sites (tertiary alicyclic amines) is 1. The zero-order valence-electron chi connectivity index (χ0n) is 18.6. The fourth-order valence-electron chi connectivity index (χ4n) is 4.55. The molecule has 170 valence electrons. The largest absolute Gasteiger partial charge is 0.507 e. The SMILES string of the molecule is Cc1ccc(C(O)=C2C(=O)C(=O)N(CCc3c[nH]c4ccccc34)[C@H]2c2ccc(Cl)cc2)cc1. The van der Waals surface area contributed by atoms with Crippen molar-refractivity contribution in [2.45, 2.75) is 19.4 Å². The maximum Gasteiger partial charge on any atom is 0.295 e. The van der Waals surface area contributed by atoms with Crippen LogP contribution in [0.1, 0.15) is 28.3 Å². The number of aromatic amines is 1. The number of hydrogen-bond donors (Lipinski definition) is 2.